The minimum Gasteiger partial charge on any atom is -0.438 e. The molecule has 1 aromatic carbocycles. The van der Waals surface area contributed by atoms with E-state index in [1.54, 1.807) is 38.2 Å². The van der Waals surface area contributed by atoms with Gasteiger partial charge in [0.15, 0.2) is 0 Å². The molecule has 0 N–H and O–H groups in total. The van der Waals surface area contributed by atoms with E-state index in [0.717, 1.165) is 0 Å². The van der Waals surface area contributed by atoms with E-state index < -0.39 is 0 Å². The Labute approximate surface area is 104 Å². The Kier molecular flexibility index (Phi) is 2.99. The SMILES string of the molecule is Cc1nn(C)c(Oc2cccc(C#N)c2)c1C#N. The van der Waals surface area contributed by atoms with Crippen LogP contribution in [0.15, 0.2) is 24.3 Å². The molecule has 1 heterocycles. The Morgan fingerprint density at radius 1 is 1.28 bits per heavy atom. The number of hydrogen-bond donors (Lipinski definition) is 0. The first-order valence-corrected chi connectivity index (χ1v) is 5.27. The molecule has 18 heavy (non-hydrogen) atoms. The van der Waals surface area contributed by atoms with E-state index in [1.807, 2.05) is 6.07 Å². The summed E-state index contributed by atoms with van der Waals surface area (Å²) in [6.45, 7) is 1.75. The number of rotatable bonds is 2. The van der Waals surface area contributed by atoms with Crippen LogP contribution in [-0.2, 0) is 7.05 Å². The number of nitrogens with zero attached hydrogens (tertiary/aromatic N) is 4. The van der Waals surface area contributed by atoms with Gasteiger partial charge in [-0.15, -0.1) is 0 Å². The molecule has 0 spiro atoms. The van der Waals surface area contributed by atoms with Crippen LogP contribution < -0.4 is 4.74 Å². The maximum absolute atomic E-state index is 9.06. The molecule has 5 heteroatoms. The van der Waals surface area contributed by atoms with E-state index in [2.05, 4.69) is 11.2 Å². The van der Waals surface area contributed by atoms with Gasteiger partial charge in [0.2, 0.25) is 5.88 Å². The summed E-state index contributed by atoms with van der Waals surface area (Å²) in [5.41, 5.74) is 1.52. The molecule has 2 aromatic rings. The normalized spacial score (nSPS) is 9.56. The molecule has 0 aliphatic rings. The van der Waals surface area contributed by atoms with Crippen LogP contribution in [0.25, 0.3) is 0 Å². The average molecular weight is 238 g/mol. The van der Waals surface area contributed by atoms with Gasteiger partial charge in [-0.1, -0.05) is 6.07 Å². The highest BCUT2D eigenvalue weighted by Crippen LogP contribution is 2.26. The van der Waals surface area contributed by atoms with Crippen molar-refractivity contribution in [1.82, 2.24) is 9.78 Å². The van der Waals surface area contributed by atoms with Crippen molar-refractivity contribution in [1.29, 1.82) is 10.5 Å². The molecule has 0 aliphatic heterocycles. The lowest BCUT2D eigenvalue weighted by atomic mass is 10.2. The fourth-order valence-electron chi connectivity index (χ4n) is 1.62. The first-order valence-electron chi connectivity index (χ1n) is 5.27. The number of benzene rings is 1. The predicted molar refractivity (Wildman–Crippen MR) is 63.9 cm³/mol. The van der Waals surface area contributed by atoms with Crippen LogP contribution in [0.2, 0.25) is 0 Å². The van der Waals surface area contributed by atoms with Crippen LogP contribution >= 0.6 is 0 Å². The van der Waals surface area contributed by atoms with E-state index in [1.165, 1.54) is 4.68 Å². The van der Waals surface area contributed by atoms with Crippen LogP contribution in [0.3, 0.4) is 0 Å². The van der Waals surface area contributed by atoms with E-state index >= 15 is 0 Å². The molecule has 0 unspecified atom stereocenters. The third-order valence-corrected chi connectivity index (χ3v) is 2.46. The van der Waals surface area contributed by atoms with Crippen LogP contribution in [-0.4, -0.2) is 9.78 Å². The molecule has 2 rings (SSSR count). The molecule has 0 saturated carbocycles. The first-order chi connectivity index (χ1) is 8.65. The third-order valence-electron chi connectivity index (χ3n) is 2.46. The second kappa shape index (κ2) is 4.60. The van der Waals surface area contributed by atoms with Crippen molar-refractivity contribution in [3.63, 3.8) is 0 Å². The van der Waals surface area contributed by atoms with Gasteiger partial charge >= 0.3 is 0 Å². The summed E-state index contributed by atoms with van der Waals surface area (Å²) in [6.07, 6.45) is 0. The number of hydrogen-bond acceptors (Lipinski definition) is 4. The highest BCUT2D eigenvalue weighted by atomic mass is 16.5. The fraction of sp³-hybridized carbons (Fsp3) is 0.154. The van der Waals surface area contributed by atoms with Crippen LogP contribution in [0, 0.1) is 29.6 Å². The van der Waals surface area contributed by atoms with E-state index in [0.29, 0.717) is 28.5 Å². The summed E-state index contributed by atoms with van der Waals surface area (Å²) in [5.74, 6) is 0.888. The number of ether oxygens (including phenoxy) is 1. The minimum absolute atomic E-state index is 0.380. The van der Waals surface area contributed by atoms with E-state index in [4.69, 9.17) is 15.3 Å². The van der Waals surface area contributed by atoms with Gasteiger partial charge in [0.1, 0.15) is 17.4 Å². The van der Waals surface area contributed by atoms with Crippen LogP contribution in [0.4, 0.5) is 0 Å². The summed E-state index contributed by atoms with van der Waals surface area (Å²) in [4.78, 5) is 0. The van der Waals surface area contributed by atoms with Gasteiger partial charge in [-0.25, -0.2) is 4.68 Å². The van der Waals surface area contributed by atoms with Gasteiger partial charge in [-0.05, 0) is 25.1 Å². The predicted octanol–water partition coefficient (Wildman–Crippen LogP) is 2.26. The monoisotopic (exact) mass is 238 g/mol. The van der Waals surface area contributed by atoms with Crippen molar-refractivity contribution in [2.75, 3.05) is 0 Å². The topological polar surface area (TPSA) is 74.6 Å². The molecule has 0 fully saturated rings. The molecule has 5 nitrogen and oxygen atoms in total. The average Bonchev–Trinajstić information content (AvgIpc) is 2.64. The second-order valence-corrected chi connectivity index (χ2v) is 3.74. The van der Waals surface area contributed by atoms with Gasteiger partial charge in [-0.2, -0.15) is 15.6 Å². The summed E-state index contributed by atoms with van der Waals surface area (Å²) in [6, 6.07) is 10.8. The minimum atomic E-state index is 0.380. The maximum Gasteiger partial charge on any atom is 0.235 e. The summed E-state index contributed by atoms with van der Waals surface area (Å²) >= 11 is 0. The van der Waals surface area contributed by atoms with Crippen molar-refractivity contribution in [3.05, 3.63) is 41.1 Å². The zero-order valence-corrected chi connectivity index (χ0v) is 10.0. The molecule has 0 aliphatic carbocycles. The number of aryl methyl sites for hydroxylation is 2. The number of nitriles is 2. The number of aromatic nitrogens is 2. The Balaban J connectivity index is 2.41. The van der Waals surface area contributed by atoms with Crippen molar-refractivity contribution >= 4 is 0 Å². The lowest BCUT2D eigenvalue weighted by Crippen LogP contribution is -1.96. The van der Waals surface area contributed by atoms with Crippen molar-refractivity contribution < 1.29 is 4.74 Å². The van der Waals surface area contributed by atoms with Crippen molar-refractivity contribution in [2.24, 2.45) is 7.05 Å². The maximum atomic E-state index is 9.06. The lowest BCUT2D eigenvalue weighted by molar-refractivity contribution is 0.429. The first kappa shape index (κ1) is 11.7. The third kappa shape index (κ3) is 2.02. The van der Waals surface area contributed by atoms with Crippen molar-refractivity contribution in [3.8, 4) is 23.8 Å². The molecule has 0 saturated heterocycles. The molecule has 0 atom stereocenters. The van der Waals surface area contributed by atoms with E-state index in [9.17, 15) is 0 Å². The molecule has 0 amide bonds. The van der Waals surface area contributed by atoms with Crippen molar-refractivity contribution in [2.45, 2.75) is 6.92 Å². The summed E-state index contributed by atoms with van der Waals surface area (Å²) in [5, 5.41) is 22.0. The molecule has 0 bridgehead atoms. The molecule has 88 valence electrons. The second-order valence-electron chi connectivity index (χ2n) is 3.74. The van der Waals surface area contributed by atoms with Gasteiger partial charge in [0, 0.05) is 7.05 Å². The highest BCUT2D eigenvalue weighted by Gasteiger charge is 2.15. The molecular weight excluding hydrogens is 228 g/mol. The standard InChI is InChI=1S/C13H10N4O/c1-9-12(8-15)13(17(2)16-9)18-11-5-3-4-10(6-11)7-14/h3-6H,1-2H3. The highest BCUT2D eigenvalue weighted by molar-refractivity contribution is 5.45. The van der Waals surface area contributed by atoms with Gasteiger partial charge in [-0.3, -0.25) is 0 Å². The largest absolute Gasteiger partial charge is 0.438 e. The smallest absolute Gasteiger partial charge is 0.235 e. The van der Waals surface area contributed by atoms with E-state index in [-0.39, 0.29) is 0 Å². The fourth-order valence-corrected chi connectivity index (χ4v) is 1.62. The van der Waals surface area contributed by atoms with Gasteiger partial charge in [0.05, 0.1) is 17.3 Å². The Morgan fingerprint density at radius 3 is 2.72 bits per heavy atom. The zero-order valence-electron chi connectivity index (χ0n) is 10.0. The van der Waals surface area contributed by atoms with Gasteiger partial charge < -0.3 is 4.74 Å². The Bertz CT molecular complexity index is 673. The lowest BCUT2D eigenvalue weighted by Gasteiger charge is -2.05. The van der Waals surface area contributed by atoms with Crippen LogP contribution in [0.5, 0.6) is 11.6 Å². The quantitative estimate of drug-likeness (QED) is 0.804. The molecule has 0 radical (unpaired) electrons. The summed E-state index contributed by atoms with van der Waals surface area (Å²) in [7, 11) is 1.71. The van der Waals surface area contributed by atoms with Crippen LogP contribution in [0.1, 0.15) is 16.8 Å². The molecule has 1 aromatic heterocycles. The Morgan fingerprint density at radius 2 is 2.06 bits per heavy atom. The zero-order chi connectivity index (χ0) is 13.1. The molecular formula is C13H10N4O. The Hall–Kier alpha value is -2.79. The van der Waals surface area contributed by atoms with Gasteiger partial charge in [0.25, 0.3) is 0 Å². The summed E-state index contributed by atoms with van der Waals surface area (Å²) < 4.78 is 7.13.